The Labute approximate surface area is 170 Å². The number of benzene rings is 2. The van der Waals surface area contributed by atoms with Gasteiger partial charge in [-0.2, -0.15) is 0 Å². The molecule has 2 aromatic rings. The fourth-order valence-corrected chi connectivity index (χ4v) is 3.52. The maximum atomic E-state index is 12.7. The molecule has 2 aromatic carbocycles. The maximum absolute atomic E-state index is 12.7. The van der Waals surface area contributed by atoms with E-state index >= 15 is 0 Å². The van der Waals surface area contributed by atoms with Gasteiger partial charge in [0, 0.05) is 21.8 Å². The van der Waals surface area contributed by atoms with Crippen LogP contribution in [0.4, 0.5) is 10.5 Å². The summed E-state index contributed by atoms with van der Waals surface area (Å²) in [7, 11) is 0. The first-order valence-electron chi connectivity index (χ1n) is 9.46. The number of ether oxygens (including phenoxy) is 1. The summed E-state index contributed by atoms with van der Waals surface area (Å²) in [5.74, 6) is 0.0180. The number of piperazine rings is 1. The van der Waals surface area contributed by atoms with Crippen LogP contribution < -0.4 is 10.2 Å². The molecule has 2 N–H and O–H groups in total. The highest BCUT2D eigenvalue weighted by molar-refractivity contribution is 6.30. The van der Waals surface area contributed by atoms with Crippen LogP contribution in [0.5, 0.6) is 0 Å². The fraction of sp³-hybridized carbons (Fsp3) is 0.333. The second-order valence-corrected chi connectivity index (χ2v) is 7.21. The van der Waals surface area contributed by atoms with E-state index in [-0.39, 0.29) is 5.91 Å². The Bertz CT molecular complexity index is 818. The minimum Gasteiger partial charge on any atom is -0.450 e. The molecule has 1 fully saturated rings. The van der Waals surface area contributed by atoms with E-state index in [1.807, 2.05) is 23.1 Å². The number of quaternary nitrogens is 1. The number of hydrogen-bond donors (Lipinski definition) is 2. The normalized spacial score (nSPS) is 14.6. The standard InChI is InChI=1S/C21H24ClN3O3/c1-2-28-21(27)23-19-8-6-17(7-9-19)20(26)25-12-10-24(11-13-25)15-16-4-3-5-18(22)14-16/h3-9,14H,2,10-13,15H2,1H3,(H,23,27)/p+1. The van der Waals surface area contributed by atoms with E-state index in [9.17, 15) is 9.59 Å². The van der Waals surface area contributed by atoms with Crippen LogP contribution in [0, 0.1) is 0 Å². The maximum Gasteiger partial charge on any atom is 0.411 e. The summed E-state index contributed by atoms with van der Waals surface area (Å²) in [5.41, 5.74) is 2.44. The Morgan fingerprint density at radius 1 is 1.14 bits per heavy atom. The van der Waals surface area contributed by atoms with Crippen LogP contribution in [-0.4, -0.2) is 49.7 Å². The monoisotopic (exact) mass is 402 g/mol. The highest BCUT2D eigenvalue weighted by Crippen LogP contribution is 2.13. The molecule has 1 saturated heterocycles. The van der Waals surface area contributed by atoms with Crippen molar-refractivity contribution in [2.75, 3.05) is 38.1 Å². The van der Waals surface area contributed by atoms with Gasteiger partial charge in [-0.05, 0) is 43.3 Å². The summed E-state index contributed by atoms with van der Waals surface area (Å²) in [6, 6.07) is 14.8. The Morgan fingerprint density at radius 3 is 2.50 bits per heavy atom. The largest absolute Gasteiger partial charge is 0.450 e. The number of carbonyl (C=O) groups is 2. The van der Waals surface area contributed by atoms with Gasteiger partial charge < -0.3 is 14.5 Å². The van der Waals surface area contributed by atoms with Gasteiger partial charge in [0.25, 0.3) is 5.91 Å². The van der Waals surface area contributed by atoms with Crippen molar-refractivity contribution in [2.45, 2.75) is 13.5 Å². The number of rotatable bonds is 5. The molecule has 0 aromatic heterocycles. The average molecular weight is 403 g/mol. The van der Waals surface area contributed by atoms with Gasteiger partial charge in [0.05, 0.1) is 32.8 Å². The Hall–Kier alpha value is -2.57. The SMILES string of the molecule is CCOC(=O)Nc1ccc(C(=O)N2CC[NH+](Cc3cccc(Cl)c3)CC2)cc1. The third-order valence-electron chi connectivity index (χ3n) is 4.75. The smallest absolute Gasteiger partial charge is 0.411 e. The number of nitrogens with one attached hydrogen (secondary N) is 2. The minimum atomic E-state index is -0.500. The van der Waals surface area contributed by atoms with Gasteiger partial charge in [0.2, 0.25) is 0 Å². The lowest BCUT2D eigenvalue weighted by molar-refractivity contribution is -0.917. The van der Waals surface area contributed by atoms with Crippen molar-refractivity contribution >= 4 is 29.3 Å². The van der Waals surface area contributed by atoms with Gasteiger partial charge in [-0.25, -0.2) is 4.79 Å². The van der Waals surface area contributed by atoms with Gasteiger partial charge in [0.1, 0.15) is 6.54 Å². The summed E-state index contributed by atoms with van der Waals surface area (Å²) in [6.45, 7) is 6.22. The van der Waals surface area contributed by atoms with Crippen molar-refractivity contribution in [3.63, 3.8) is 0 Å². The average Bonchev–Trinajstić information content (AvgIpc) is 2.69. The van der Waals surface area contributed by atoms with Gasteiger partial charge >= 0.3 is 6.09 Å². The highest BCUT2D eigenvalue weighted by Gasteiger charge is 2.24. The van der Waals surface area contributed by atoms with E-state index in [2.05, 4.69) is 11.4 Å². The lowest BCUT2D eigenvalue weighted by atomic mass is 10.1. The molecular weight excluding hydrogens is 378 g/mol. The molecule has 1 heterocycles. The van der Waals surface area contributed by atoms with E-state index in [1.165, 1.54) is 10.5 Å². The summed E-state index contributed by atoms with van der Waals surface area (Å²) in [5, 5.41) is 3.38. The van der Waals surface area contributed by atoms with E-state index in [0.717, 1.165) is 37.7 Å². The van der Waals surface area contributed by atoms with Crippen molar-refractivity contribution in [2.24, 2.45) is 0 Å². The molecule has 0 aliphatic carbocycles. The number of carbonyl (C=O) groups excluding carboxylic acids is 2. The third-order valence-corrected chi connectivity index (χ3v) is 4.99. The zero-order valence-electron chi connectivity index (χ0n) is 15.9. The van der Waals surface area contributed by atoms with E-state index in [4.69, 9.17) is 16.3 Å². The second-order valence-electron chi connectivity index (χ2n) is 6.77. The van der Waals surface area contributed by atoms with Crippen LogP contribution in [0.2, 0.25) is 5.02 Å². The molecule has 0 atom stereocenters. The second kappa shape index (κ2) is 9.57. The first kappa shape index (κ1) is 20.2. The molecule has 7 heteroatoms. The Kier molecular flexibility index (Phi) is 6.90. The van der Waals surface area contributed by atoms with Gasteiger partial charge in [0.15, 0.2) is 0 Å². The quantitative estimate of drug-likeness (QED) is 0.807. The number of halogens is 1. The van der Waals surface area contributed by atoms with Crippen LogP contribution in [0.25, 0.3) is 0 Å². The summed E-state index contributed by atoms with van der Waals surface area (Å²) in [6.07, 6.45) is -0.500. The minimum absolute atomic E-state index is 0.0180. The fourth-order valence-electron chi connectivity index (χ4n) is 3.30. The van der Waals surface area contributed by atoms with Crippen LogP contribution in [0.15, 0.2) is 48.5 Å². The summed E-state index contributed by atoms with van der Waals surface area (Å²) in [4.78, 5) is 27.5. The highest BCUT2D eigenvalue weighted by atomic mass is 35.5. The van der Waals surface area contributed by atoms with Crippen molar-refractivity contribution < 1.29 is 19.2 Å². The van der Waals surface area contributed by atoms with Crippen LogP contribution in [0.3, 0.4) is 0 Å². The number of nitrogens with zero attached hydrogens (tertiary/aromatic N) is 1. The van der Waals surface area contributed by atoms with Crippen LogP contribution >= 0.6 is 11.6 Å². The van der Waals surface area contributed by atoms with Gasteiger partial charge in [-0.1, -0.05) is 23.7 Å². The van der Waals surface area contributed by atoms with Crippen molar-refractivity contribution in [1.29, 1.82) is 0 Å². The Morgan fingerprint density at radius 2 is 1.86 bits per heavy atom. The molecule has 0 unspecified atom stereocenters. The van der Waals surface area contributed by atoms with Gasteiger partial charge in [-0.15, -0.1) is 0 Å². The predicted molar refractivity (Wildman–Crippen MR) is 109 cm³/mol. The zero-order valence-corrected chi connectivity index (χ0v) is 16.7. The van der Waals surface area contributed by atoms with E-state index in [1.54, 1.807) is 31.2 Å². The van der Waals surface area contributed by atoms with Crippen LogP contribution in [-0.2, 0) is 11.3 Å². The summed E-state index contributed by atoms with van der Waals surface area (Å²) >= 11 is 6.06. The Balaban J connectivity index is 1.51. The molecule has 0 bridgehead atoms. The van der Waals surface area contributed by atoms with Crippen molar-refractivity contribution in [3.8, 4) is 0 Å². The number of hydrogen-bond acceptors (Lipinski definition) is 3. The van der Waals surface area contributed by atoms with Crippen LogP contribution in [0.1, 0.15) is 22.8 Å². The van der Waals surface area contributed by atoms with Crippen molar-refractivity contribution in [1.82, 2.24) is 4.90 Å². The molecule has 1 aliphatic rings. The van der Waals surface area contributed by atoms with E-state index < -0.39 is 6.09 Å². The van der Waals surface area contributed by atoms with Gasteiger partial charge in [-0.3, -0.25) is 10.1 Å². The molecular formula is C21H25ClN3O3+. The molecule has 6 nitrogen and oxygen atoms in total. The number of anilines is 1. The lowest BCUT2D eigenvalue weighted by Crippen LogP contribution is -3.13. The molecule has 0 radical (unpaired) electrons. The summed E-state index contributed by atoms with van der Waals surface area (Å²) < 4.78 is 4.84. The lowest BCUT2D eigenvalue weighted by Gasteiger charge is -2.32. The molecule has 0 spiro atoms. The first-order valence-corrected chi connectivity index (χ1v) is 9.84. The number of amides is 2. The molecule has 0 saturated carbocycles. The molecule has 148 valence electrons. The molecule has 1 aliphatic heterocycles. The zero-order chi connectivity index (χ0) is 19.9. The predicted octanol–water partition coefficient (Wildman–Crippen LogP) is 2.45. The molecule has 3 rings (SSSR count). The van der Waals surface area contributed by atoms with E-state index in [0.29, 0.717) is 17.9 Å². The first-order chi connectivity index (χ1) is 13.5. The third kappa shape index (κ3) is 5.47. The molecule has 28 heavy (non-hydrogen) atoms. The van der Waals surface area contributed by atoms with Crippen molar-refractivity contribution in [3.05, 3.63) is 64.7 Å². The topological polar surface area (TPSA) is 63.1 Å². The molecule has 2 amide bonds.